The summed E-state index contributed by atoms with van der Waals surface area (Å²) in [4.78, 5) is 16.1. The molecule has 106 valence electrons. The molecule has 0 radical (unpaired) electrons. The number of hydrogen-bond donors (Lipinski definition) is 1. The van der Waals surface area contributed by atoms with Gasteiger partial charge in [-0.15, -0.1) is 11.3 Å². The summed E-state index contributed by atoms with van der Waals surface area (Å²) in [7, 11) is 0. The first kappa shape index (κ1) is 15.9. The van der Waals surface area contributed by atoms with Crippen LogP contribution in [0.25, 0.3) is 0 Å². The van der Waals surface area contributed by atoms with Crippen LogP contribution >= 0.6 is 57.9 Å². The van der Waals surface area contributed by atoms with Gasteiger partial charge in [0.1, 0.15) is 0 Å². The highest BCUT2D eigenvalue weighted by molar-refractivity contribution is 8.01. The minimum absolute atomic E-state index is 0.178. The van der Waals surface area contributed by atoms with Crippen LogP contribution in [0.1, 0.15) is 5.69 Å². The molecule has 1 heterocycles. The second-order valence-corrected chi connectivity index (χ2v) is 7.14. The predicted octanol–water partition coefficient (Wildman–Crippen LogP) is 5.14. The van der Waals surface area contributed by atoms with Gasteiger partial charge in [-0.1, -0.05) is 46.6 Å². The van der Waals surface area contributed by atoms with E-state index in [1.807, 2.05) is 12.3 Å². The Hall–Kier alpha value is -0.460. The van der Waals surface area contributed by atoms with Crippen LogP contribution in [0.4, 0.5) is 5.69 Å². The molecular weight excluding hydrogens is 359 g/mol. The van der Waals surface area contributed by atoms with Gasteiger partial charge in [0.15, 0.2) is 4.34 Å². The van der Waals surface area contributed by atoms with Crippen LogP contribution in [0, 0.1) is 6.92 Å². The van der Waals surface area contributed by atoms with Crippen molar-refractivity contribution in [2.24, 2.45) is 0 Å². The van der Waals surface area contributed by atoms with Crippen LogP contribution in [0.5, 0.6) is 0 Å². The van der Waals surface area contributed by atoms with Gasteiger partial charge in [-0.25, -0.2) is 4.98 Å². The van der Waals surface area contributed by atoms with Gasteiger partial charge >= 0.3 is 0 Å². The van der Waals surface area contributed by atoms with E-state index in [1.54, 1.807) is 0 Å². The average Bonchev–Trinajstić information content (AvgIpc) is 2.79. The maximum atomic E-state index is 11.9. The number of carbonyl (C=O) groups excluding carboxylic acids is 1. The summed E-state index contributed by atoms with van der Waals surface area (Å²) in [5, 5.41) is 5.68. The number of aryl methyl sites for hydroxylation is 1. The Morgan fingerprint density at radius 3 is 2.65 bits per heavy atom. The summed E-state index contributed by atoms with van der Waals surface area (Å²) in [6, 6.07) is 3.03. The number of nitrogens with zero attached hydrogens (tertiary/aromatic N) is 1. The van der Waals surface area contributed by atoms with Crippen molar-refractivity contribution in [1.82, 2.24) is 4.98 Å². The molecule has 0 fully saturated rings. The van der Waals surface area contributed by atoms with E-state index in [4.69, 9.17) is 34.8 Å². The summed E-state index contributed by atoms with van der Waals surface area (Å²) in [5.41, 5.74) is 1.40. The van der Waals surface area contributed by atoms with E-state index in [1.165, 1.54) is 35.2 Å². The molecule has 20 heavy (non-hydrogen) atoms. The largest absolute Gasteiger partial charge is 0.324 e. The lowest BCUT2D eigenvalue weighted by atomic mass is 10.3. The third kappa shape index (κ3) is 4.27. The standard InChI is InChI=1S/C12H9Cl3N2OS2/c1-6-4-19-12(16-6)20-5-11(18)17-10-3-8(14)7(13)2-9(10)15/h2-4H,5H2,1H3,(H,17,18). The summed E-state index contributed by atoms with van der Waals surface area (Å²) in [6.07, 6.45) is 0. The summed E-state index contributed by atoms with van der Waals surface area (Å²) < 4.78 is 0.859. The number of thioether (sulfide) groups is 1. The fourth-order valence-corrected chi connectivity index (χ4v) is 3.57. The van der Waals surface area contributed by atoms with Gasteiger partial charge in [-0.2, -0.15) is 0 Å². The van der Waals surface area contributed by atoms with E-state index in [2.05, 4.69) is 10.3 Å². The van der Waals surface area contributed by atoms with Gasteiger partial charge in [0.2, 0.25) is 5.91 Å². The summed E-state index contributed by atoms with van der Waals surface area (Å²) in [5.74, 6) is 0.0759. The number of aromatic nitrogens is 1. The fourth-order valence-electron chi connectivity index (χ4n) is 1.33. The zero-order valence-corrected chi connectivity index (χ0v) is 14.1. The minimum Gasteiger partial charge on any atom is -0.324 e. The number of thiazole rings is 1. The van der Waals surface area contributed by atoms with Crippen LogP contribution < -0.4 is 5.32 Å². The lowest BCUT2D eigenvalue weighted by Gasteiger charge is -2.08. The van der Waals surface area contributed by atoms with Crippen molar-refractivity contribution in [3.63, 3.8) is 0 Å². The van der Waals surface area contributed by atoms with Gasteiger partial charge < -0.3 is 5.32 Å². The quantitative estimate of drug-likeness (QED) is 0.600. The predicted molar refractivity (Wildman–Crippen MR) is 87.7 cm³/mol. The SMILES string of the molecule is Cc1csc(SCC(=O)Nc2cc(Cl)c(Cl)cc2Cl)n1. The van der Waals surface area contributed by atoms with E-state index in [-0.39, 0.29) is 11.7 Å². The molecule has 0 saturated heterocycles. The molecule has 1 aromatic heterocycles. The van der Waals surface area contributed by atoms with Gasteiger partial charge in [-0.3, -0.25) is 4.79 Å². The third-order valence-corrected chi connectivity index (χ3v) is 5.38. The van der Waals surface area contributed by atoms with E-state index in [9.17, 15) is 4.79 Å². The molecule has 1 amide bonds. The highest BCUT2D eigenvalue weighted by atomic mass is 35.5. The smallest absolute Gasteiger partial charge is 0.234 e. The van der Waals surface area contributed by atoms with Crippen LogP contribution in [0.3, 0.4) is 0 Å². The van der Waals surface area contributed by atoms with Crippen molar-refractivity contribution >= 4 is 69.5 Å². The minimum atomic E-state index is -0.178. The molecule has 0 saturated carbocycles. The molecule has 0 aliphatic heterocycles. The highest BCUT2D eigenvalue weighted by Crippen LogP contribution is 2.32. The van der Waals surface area contributed by atoms with Gasteiger partial charge in [0.05, 0.1) is 26.5 Å². The number of anilines is 1. The number of hydrogen-bond acceptors (Lipinski definition) is 4. The van der Waals surface area contributed by atoms with E-state index < -0.39 is 0 Å². The third-order valence-electron chi connectivity index (χ3n) is 2.21. The van der Waals surface area contributed by atoms with Crippen molar-refractivity contribution in [3.05, 3.63) is 38.3 Å². The fraction of sp³-hybridized carbons (Fsp3) is 0.167. The first-order valence-electron chi connectivity index (χ1n) is 5.45. The Morgan fingerprint density at radius 2 is 2.00 bits per heavy atom. The van der Waals surface area contributed by atoms with Crippen LogP contribution in [0.15, 0.2) is 21.9 Å². The summed E-state index contributed by atoms with van der Waals surface area (Å²) in [6.45, 7) is 1.91. The van der Waals surface area contributed by atoms with Gasteiger partial charge in [0, 0.05) is 11.1 Å². The first-order chi connectivity index (χ1) is 9.45. The van der Waals surface area contributed by atoms with Crippen molar-refractivity contribution in [3.8, 4) is 0 Å². The Balaban J connectivity index is 1.96. The topological polar surface area (TPSA) is 42.0 Å². The first-order valence-corrected chi connectivity index (χ1v) is 8.45. The molecular formula is C12H9Cl3N2OS2. The van der Waals surface area contributed by atoms with E-state index in [0.29, 0.717) is 20.8 Å². The normalized spacial score (nSPS) is 10.6. The molecule has 0 aliphatic rings. The molecule has 2 aromatic rings. The Labute approximate surface area is 139 Å². The van der Waals surface area contributed by atoms with E-state index in [0.717, 1.165) is 10.0 Å². The van der Waals surface area contributed by atoms with Crippen molar-refractivity contribution in [2.75, 3.05) is 11.1 Å². The lowest BCUT2D eigenvalue weighted by Crippen LogP contribution is -2.14. The molecule has 0 unspecified atom stereocenters. The van der Waals surface area contributed by atoms with Crippen LogP contribution in [-0.2, 0) is 4.79 Å². The molecule has 2 rings (SSSR count). The maximum absolute atomic E-state index is 11.9. The number of halogens is 3. The van der Waals surface area contributed by atoms with Crippen LogP contribution in [0.2, 0.25) is 15.1 Å². The molecule has 0 spiro atoms. The molecule has 8 heteroatoms. The van der Waals surface area contributed by atoms with Crippen molar-refractivity contribution in [2.45, 2.75) is 11.3 Å². The average molecular weight is 368 g/mol. The molecule has 3 nitrogen and oxygen atoms in total. The summed E-state index contributed by atoms with van der Waals surface area (Å²) >= 11 is 20.6. The second kappa shape index (κ2) is 7.00. The zero-order chi connectivity index (χ0) is 14.7. The Kier molecular flexibility index (Phi) is 5.57. The zero-order valence-electron chi connectivity index (χ0n) is 10.2. The van der Waals surface area contributed by atoms with Gasteiger partial charge in [-0.05, 0) is 19.1 Å². The second-order valence-electron chi connectivity index (χ2n) is 3.84. The lowest BCUT2D eigenvalue weighted by molar-refractivity contribution is -0.113. The Morgan fingerprint density at radius 1 is 1.30 bits per heavy atom. The Bertz CT molecular complexity index is 646. The molecule has 1 aromatic carbocycles. The van der Waals surface area contributed by atoms with Crippen molar-refractivity contribution in [1.29, 1.82) is 0 Å². The maximum Gasteiger partial charge on any atom is 0.234 e. The highest BCUT2D eigenvalue weighted by Gasteiger charge is 2.10. The number of benzene rings is 1. The number of carbonyl (C=O) groups is 1. The molecule has 1 N–H and O–H groups in total. The van der Waals surface area contributed by atoms with Crippen molar-refractivity contribution < 1.29 is 4.79 Å². The van der Waals surface area contributed by atoms with E-state index >= 15 is 0 Å². The number of rotatable bonds is 4. The number of amides is 1. The van der Waals surface area contributed by atoms with Gasteiger partial charge in [0.25, 0.3) is 0 Å². The number of nitrogens with one attached hydrogen (secondary N) is 1. The molecule has 0 bridgehead atoms. The molecule has 0 atom stereocenters. The molecule has 0 aliphatic carbocycles. The monoisotopic (exact) mass is 366 g/mol. The van der Waals surface area contributed by atoms with Crippen LogP contribution in [-0.4, -0.2) is 16.6 Å².